The van der Waals surface area contributed by atoms with Crippen molar-refractivity contribution in [3.05, 3.63) is 60.2 Å². The van der Waals surface area contributed by atoms with Gasteiger partial charge in [-0.25, -0.2) is 0 Å². The number of benzene rings is 2. The van der Waals surface area contributed by atoms with Crippen LogP contribution in [0.4, 0.5) is 5.69 Å². The van der Waals surface area contributed by atoms with Crippen LogP contribution in [0.1, 0.15) is 5.56 Å². The summed E-state index contributed by atoms with van der Waals surface area (Å²) in [6, 6.07) is 19.0. The molecular weight excluding hydrogens is 261 g/mol. The molecule has 1 nitrogen and oxygen atoms in total. The van der Waals surface area contributed by atoms with Gasteiger partial charge >= 0.3 is 101 Å². The third-order valence-electron chi connectivity index (χ3n) is 2.36. The first-order chi connectivity index (χ1) is 7.75. The zero-order valence-corrected chi connectivity index (χ0v) is 11.3. The van der Waals surface area contributed by atoms with Gasteiger partial charge < -0.3 is 0 Å². The summed E-state index contributed by atoms with van der Waals surface area (Å²) >= 11 is -1.04. The van der Waals surface area contributed by atoms with Crippen LogP contribution in [0.15, 0.2) is 58.6 Å². The molecule has 0 aliphatic heterocycles. The Morgan fingerprint density at radius 1 is 0.875 bits per heavy atom. The van der Waals surface area contributed by atoms with E-state index in [9.17, 15) is 0 Å². The summed E-state index contributed by atoms with van der Waals surface area (Å²) in [4.78, 5) is 0. The first-order valence-corrected chi connectivity index (χ1v) is 8.59. The van der Waals surface area contributed by atoms with Crippen molar-refractivity contribution in [3.63, 3.8) is 0 Å². The summed E-state index contributed by atoms with van der Waals surface area (Å²) in [7, 11) is 0. The molecule has 0 saturated heterocycles. The van der Waals surface area contributed by atoms with Crippen molar-refractivity contribution in [2.75, 3.05) is 0 Å². The fourth-order valence-corrected chi connectivity index (χ4v) is 3.73. The van der Waals surface area contributed by atoms with Crippen LogP contribution in [-0.4, -0.2) is 13.7 Å². The molecule has 0 heterocycles. The second kappa shape index (κ2) is 5.20. The number of nitrogens with zero attached hydrogens (tertiary/aromatic N) is 1. The van der Waals surface area contributed by atoms with Gasteiger partial charge in [-0.2, -0.15) is 0 Å². The fraction of sp³-hybridized carbons (Fsp3) is 0.143. The predicted octanol–water partition coefficient (Wildman–Crippen LogP) is 3.42. The Kier molecular flexibility index (Phi) is 3.66. The molecule has 0 amide bonds. The van der Waals surface area contributed by atoms with Crippen LogP contribution in [0.25, 0.3) is 0 Å². The van der Waals surface area contributed by atoms with Crippen LogP contribution in [0.5, 0.6) is 0 Å². The Morgan fingerprint density at radius 3 is 2.12 bits per heavy atom. The van der Waals surface area contributed by atoms with E-state index in [0.29, 0.717) is 0 Å². The Balaban J connectivity index is 2.28. The molecule has 0 radical (unpaired) electrons. The summed E-state index contributed by atoms with van der Waals surface area (Å²) in [5.74, 6) is 2.25. The van der Waals surface area contributed by atoms with Gasteiger partial charge in [0.25, 0.3) is 0 Å². The first kappa shape index (κ1) is 11.3. The van der Waals surface area contributed by atoms with Gasteiger partial charge in [-0.1, -0.05) is 0 Å². The van der Waals surface area contributed by atoms with Crippen molar-refractivity contribution >= 4 is 23.9 Å². The van der Waals surface area contributed by atoms with E-state index in [0.717, 1.165) is 5.69 Å². The molecule has 2 aromatic carbocycles. The molecule has 0 N–H and O–H groups in total. The summed E-state index contributed by atoms with van der Waals surface area (Å²) in [6.07, 6.45) is 0. The van der Waals surface area contributed by atoms with Crippen molar-refractivity contribution in [3.8, 4) is 0 Å². The zero-order valence-electron chi connectivity index (χ0n) is 9.55. The molecule has 0 fully saturated rings. The minimum atomic E-state index is -1.04. The summed E-state index contributed by atoms with van der Waals surface area (Å²) in [6.45, 7) is 2.10. The van der Waals surface area contributed by atoms with Gasteiger partial charge in [0.1, 0.15) is 0 Å². The molecule has 1 unspecified atom stereocenters. The van der Waals surface area contributed by atoms with Gasteiger partial charge in [0.15, 0.2) is 0 Å². The van der Waals surface area contributed by atoms with Gasteiger partial charge in [0.05, 0.1) is 0 Å². The van der Waals surface area contributed by atoms with E-state index in [-0.39, 0.29) is 0 Å². The van der Waals surface area contributed by atoms with E-state index in [1.165, 1.54) is 10.0 Å². The van der Waals surface area contributed by atoms with Crippen LogP contribution in [0, 0.1) is 6.92 Å². The third-order valence-corrected chi connectivity index (χ3v) is 5.38. The predicted molar refractivity (Wildman–Crippen MR) is 71.0 cm³/mol. The van der Waals surface area contributed by atoms with Crippen molar-refractivity contribution in [2.24, 2.45) is 3.96 Å². The standard InChI is InChI=1S/C14H15NSe/c1-12-8-10-13(11-9-12)15-16(2)14-6-4-3-5-7-14/h3-11H,1-2H3. The molecule has 82 valence electrons. The maximum atomic E-state index is 4.80. The summed E-state index contributed by atoms with van der Waals surface area (Å²) in [5, 5.41) is 0. The van der Waals surface area contributed by atoms with E-state index in [1.807, 2.05) is 6.07 Å². The zero-order chi connectivity index (χ0) is 11.4. The SMILES string of the molecule is Cc1ccc(N=[Se](C)c2ccccc2)cc1. The molecule has 2 rings (SSSR count). The van der Waals surface area contributed by atoms with Crippen LogP contribution < -0.4 is 4.46 Å². The second-order valence-corrected chi connectivity index (χ2v) is 7.10. The van der Waals surface area contributed by atoms with Crippen LogP contribution >= 0.6 is 0 Å². The van der Waals surface area contributed by atoms with Crippen LogP contribution in [0.3, 0.4) is 0 Å². The molecule has 0 aliphatic rings. The molecule has 0 aromatic heterocycles. The fourth-order valence-electron chi connectivity index (χ4n) is 1.43. The van der Waals surface area contributed by atoms with E-state index >= 15 is 0 Å². The Bertz CT molecular complexity index is 486. The molecule has 1 atom stereocenters. The van der Waals surface area contributed by atoms with Crippen molar-refractivity contribution < 1.29 is 0 Å². The van der Waals surface area contributed by atoms with E-state index in [2.05, 4.69) is 61.3 Å². The van der Waals surface area contributed by atoms with Crippen LogP contribution in [-0.2, 0) is 0 Å². The van der Waals surface area contributed by atoms with Crippen molar-refractivity contribution in [1.82, 2.24) is 0 Å². The molecule has 0 spiro atoms. The normalized spacial score (nSPS) is 12.6. The molecule has 0 aliphatic carbocycles. The summed E-state index contributed by atoms with van der Waals surface area (Å²) in [5.41, 5.74) is 2.38. The third kappa shape index (κ3) is 2.88. The van der Waals surface area contributed by atoms with E-state index < -0.39 is 13.7 Å². The number of hydrogen-bond acceptors (Lipinski definition) is 1. The van der Waals surface area contributed by atoms with Crippen LogP contribution in [0.2, 0.25) is 5.82 Å². The summed E-state index contributed by atoms with van der Waals surface area (Å²) < 4.78 is 6.17. The van der Waals surface area contributed by atoms with Gasteiger partial charge in [-0.3, -0.25) is 0 Å². The van der Waals surface area contributed by atoms with E-state index in [1.54, 1.807) is 0 Å². The molecule has 2 aromatic rings. The number of hydrogen-bond donors (Lipinski definition) is 0. The average Bonchev–Trinajstić information content (AvgIpc) is 2.33. The Hall–Kier alpha value is -1.24. The maximum absolute atomic E-state index is 4.80. The Morgan fingerprint density at radius 2 is 1.50 bits per heavy atom. The number of aryl methyl sites for hydroxylation is 1. The van der Waals surface area contributed by atoms with Gasteiger partial charge in [0, 0.05) is 0 Å². The van der Waals surface area contributed by atoms with Gasteiger partial charge in [-0.05, 0) is 0 Å². The monoisotopic (exact) mass is 277 g/mol. The van der Waals surface area contributed by atoms with Crippen molar-refractivity contribution in [2.45, 2.75) is 12.7 Å². The molecule has 0 saturated carbocycles. The van der Waals surface area contributed by atoms with Gasteiger partial charge in [-0.15, -0.1) is 0 Å². The first-order valence-electron chi connectivity index (χ1n) is 5.25. The topological polar surface area (TPSA) is 12.4 Å². The molecule has 2 heteroatoms. The molecular formula is C14H15NSe. The molecule has 16 heavy (non-hydrogen) atoms. The average molecular weight is 276 g/mol. The number of rotatable bonds is 2. The van der Waals surface area contributed by atoms with Gasteiger partial charge in [0.2, 0.25) is 0 Å². The Labute approximate surface area is 101 Å². The van der Waals surface area contributed by atoms with Crippen molar-refractivity contribution in [1.29, 1.82) is 0 Å². The second-order valence-electron chi connectivity index (χ2n) is 3.72. The van der Waals surface area contributed by atoms with E-state index in [4.69, 9.17) is 3.96 Å². The minimum absolute atomic E-state index is 1.04. The molecule has 0 bridgehead atoms. The quantitative estimate of drug-likeness (QED) is 0.745.